The van der Waals surface area contributed by atoms with Crippen molar-refractivity contribution in [3.05, 3.63) is 70.8 Å². The van der Waals surface area contributed by atoms with Crippen molar-refractivity contribution in [2.75, 3.05) is 26.2 Å². The first-order chi connectivity index (χ1) is 26.4. The number of fused-ring (bicyclic) bond motifs is 10. The van der Waals surface area contributed by atoms with E-state index in [0.717, 1.165) is 76.3 Å². The molecule has 4 aliphatic heterocycles. The minimum absolute atomic E-state index is 0.236. The molecule has 3 saturated carbocycles. The second-order valence-corrected chi connectivity index (χ2v) is 18.7. The van der Waals surface area contributed by atoms with Crippen LogP contribution in [0.4, 0.5) is 9.59 Å². The van der Waals surface area contributed by atoms with Gasteiger partial charge in [-0.15, -0.1) is 0 Å². The van der Waals surface area contributed by atoms with Gasteiger partial charge in [-0.25, -0.2) is 9.59 Å². The summed E-state index contributed by atoms with van der Waals surface area (Å²) in [5, 5.41) is 0. The van der Waals surface area contributed by atoms with Crippen molar-refractivity contribution in [1.82, 2.24) is 19.6 Å². The third-order valence-electron chi connectivity index (χ3n) is 16.0. The Hall–Kier alpha value is -3.10. The number of nitrogens with zero attached hydrogens (tertiary/aromatic N) is 4. The molecule has 0 radical (unpaired) electrons. The molecule has 8 nitrogen and oxygen atoms in total. The predicted molar refractivity (Wildman–Crippen MR) is 214 cm³/mol. The van der Waals surface area contributed by atoms with E-state index in [1.807, 2.05) is 9.80 Å². The van der Waals surface area contributed by atoms with Crippen molar-refractivity contribution in [1.29, 1.82) is 0 Å². The van der Waals surface area contributed by atoms with Gasteiger partial charge in [-0.2, -0.15) is 0 Å². The van der Waals surface area contributed by atoms with Gasteiger partial charge in [0.1, 0.15) is 0 Å². The Morgan fingerprint density at radius 2 is 0.759 bits per heavy atom. The van der Waals surface area contributed by atoms with Crippen LogP contribution in [0.2, 0.25) is 0 Å². The summed E-state index contributed by atoms with van der Waals surface area (Å²) in [5.74, 6) is 2.49. The molecule has 4 bridgehead atoms. The number of primary amides is 2. The van der Waals surface area contributed by atoms with Crippen molar-refractivity contribution < 1.29 is 9.59 Å². The average molecular weight is 735 g/mol. The molecule has 54 heavy (non-hydrogen) atoms. The molecule has 4 atom stereocenters. The van der Waals surface area contributed by atoms with E-state index in [2.05, 4.69) is 58.3 Å². The molecular weight excluding hydrogens is 669 g/mol. The first kappa shape index (κ1) is 36.5. The lowest BCUT2D eigenvalue weighted by Gasteiger charge is -2.41. The molecule has 2 aromatic carbocycles. The first-order valence-electron chi connectivity index (χ1n) is 22.2. The summed E-state index contributed by atoms with van der Waals surface area (Å²) in [6, 6.07) is 20.8. The monoisotopic (exact) mass is 735 g/mol. The molecule has 9 rings (SSSR count). The maximum atomic E-state index is 12.8. The zero-order chi connectivity index (χ0) is 36.8. The van der Waals surface area contributed by atoms with Crippen molar-refractivity contribution in [3.8, 4) is 0 Å². The molecule has 8 heteroatoms. The maximum Gasteiger partial charge on any atom is 0.315 e. The molecule has 0 unspecified atom stereocenters. The van der Waals surface area contributed by atoms with Crippen LogP contribution >= 0.6 is 0 Å². The summed E-state index contributed by atoms with van der Waals surface area (Å²) in [7, 11) is 0. The number of rotatable bonds is 12. The summed E-state index contributed by atoms with van der Waals surface area (Å²) in [6.45, 7) is 3.99. The van der Waals surface area contributed by atoms with Gasteiger partial charge in [0, 0.05) is 49.3 Å². The summed E-state index contributed by atoms with van der Waals surface area (Å²) >= 11 is 0. The smallest absolute Gasteiger partial charge is 0.315 e. The van der Waals surface area contributed by atoms with Gasteiger partial charge in [-0.1, -0.05) is 48.5 Å². The molecule has 7 aliphatic rings. The van der Waals surface area contributed by atoms with E-state index in [-0.39, 0.29) is 24.1 Å². The predicted octanol–water partition coefficient (Wildman–Crippen LogP) is 9.24. The highest BCUT2D eigenvalue weighted by molar-refractivity contribution is 5.72. The Kier molecular flexibility index (Phi) is 10.7. The minimum atomic E-state index is -0.236. The maximum absolute atomic E-state index is 12.8. The van der Waals surface area contributed by atoms with Gasteiger partial charge >= 0.3 is 12.1 Å². The lowest BCUT2D eigenvalue weighted by molar-refractivity contribution is 0.101. The fraction of sp³-hybridized carbons (Fsp3) is 0.696. The van der Waals surface area contributed by atoms with E-state index in [0.29, 0.717) is 36.0 Å². The van der Waals surface area contributed by atoms with Crippen LogP contribution in [-0.2, 0) is 0 Å². The van der Waals surface area contributed by atoms with E-state index >= 15 is 0 Å². The largest absolute Gasteiger partial charge is 0.351 e. The molecule has 4 amide bonds. The van der Waals surface area contributed by atoms with E-state index in [9.17, 15) is 9.59 Å². The second-order valence-electron chi connectivity index (χ2n) is 18.7. The molecule has 2 saturated heterocycles. The molecule has 3 aliphatic carbocycles. The van der Waals surface area contributed by atoms with Gasteiger partial charge in [0.05, 0.1) is 0 Å². The van der Waals surface area contributed by atoms with Crippen LogP contribution in [0, 0.1) is 23.7 Å². The highest BCUT2D eigenvalue weighted by Gasteiger charge is 2.45. The summed E-state index contributed by atoms with van der Waals surface area (Å²) in [6.07, 6.45) is 21.3. The Bertz CT molecular complexity index is 1440. The lowest BCUT2D eigenvalue weighted by Crippen LogP contribution is -2.49. The van der Waals surface area contributed by atoms with Gasteiger partial charge < -0.3 is 21.3 Å². The molecule has 0 spiro atoms. The third kappa shape index (κ3) is 7.19. The third-order valence-corrected chi connectivity index (χ3v) is 16.0. The fourth-order valence-electron chi connectivity index (χ4n) is 13.1. The van der Waals surface area contributed by atoms with Crippen molar-refractivity contribution in [3.63, 3.8) is 0 Å². The van der Waals surface area contributed by atoms with Crippen LogP contribution in [0.5, 0.6) is 0 Å². The fourth-order valence-corrected chi connectivity index (χ4v) is 13.1. The molecular formula is C46H66N6O2. The van der Waals surface area contributed by atoms with Crippen LogP contribution < -0.4 is 11.5 Å². The molecule has 0 aromatic heterocycles. The Balaban J connectivity index is 0.690. The number of amides is 4. The Labute approximate surface area is 324 Å². The topological polar surface area (TPSA) is 99.1 Å². The van der Waals surface area contributed by atoms with Crippen LogP contribution in [0.3, 0.4) is 0 Å². The summed E-state index contributed by atoms with van der Waals surface area (Å²) in [4.78, 5) is 35.2. The quantitative estimate of drug-likeness (QED) is 0.227. The number of nitrogens with two attached hydrogens (primary N) is 2. The highest BCUT2D eigenvalue weighted by Crippen LogP contribution is 2.54. The molecule has 4 heterocycles. The first-order valence-corrected chi connectivity index (χ1v) is 22.2. The summed E-state index contributed by atoms with van der Waals surface area (Å²) < 4.78 is 0. The molecule has 292 valence electrons. The van der Waals surface area contributed by atoms with E-state index in [1.165, 1.54) is 77.3 Å². The number of hydrogen-bond donors (Lipinski definition) is 2. The number of hydrogen-bond acceptors (Lipinski definition) is 4. The Morgan fingerprint density at radius 1 is 0.463 bits per heavy atom. The number of urea groups is 2. The standard InChI is InChI=1S/C46H66N6O2/c47-45(53)51(35-17-13-31(14-18-35)25-27-49-41-21-22-42(49)38-6-2-1-5-37(38)41)29-33-9-11-34(12-10-33)30-52(46(48)54)36-19-15-32(16-20-36)26-28-50-43-23-24-44(50)40-8-4-3-7-39(40)43/h1-8,31-36,41-44H,9-30H2,(H2,47,53)(H2,48,54)/t31?,32?,33?,34?,35?,36?,41-,42+,43-,44+. The summed E-state index contributed by atoms with van der Waals surface area (Å²) in [5.41, 5.74) is 18.4. The van der Waals surface area contributed by atoms with Crippen LogP contribution in [0.25, 0.3) is 0 Å². The van der Waals surface area contributed by atoms with Crippen LogP contribution in [0.1, 0.15) is 162 Å². The van der Waals surface area contributed by atoms with Crippen molar-refractivity contribution >= 4 is 12.1 Å². The average Bonchev–Trinajstić information content (AvgIpc) is 3.96. The minimum Gasteiger partial charge on any atom is -0.351 e. The number of carbonyl (C=O) groups excluding carboxylic acids is 2. The SMILES string of the molecule is NC(=O)N(CC1CCC(CN(C(N)=O)C2CCC(CCN3[C@@H]4CC[C@H]3c3ccccc34)CC2)CC1)C1CCC(CCN2[C@@H]3CC[C@H]2c2ccccc23)CC1. The van der Waals surface area contributed by atoms with Crippen LogP contribution in [-0.4, -0.2) is 69.9 Å². The van der Waals surface area contributed by atoms with Gasteiger partial charge in [-0.05, 0) is 175 Å². The van der Waals surface area contributed by atoms with E-state index in [4.69, 9.17) is 11.5 Å². The zero-order valence-corrected chi connectivity index (χ0v) is 32.7. The van der Waals surface area contributed by atoms with Gasteiger partial charge in [-0.3, -0.25) is 9.80 Å². The molecule has 5 fully saturated rings. The van der Waals surface area contributed by atoms with Crippen LogP contribution in [0.15, 0.2) is 48.5 Å². The zero-order valence-electron chi connectivity index (χ0n) is 32.7. The lowest BCUT2D eigenvalue weighted by atomic mass is 9.79. The Morgan fingerprint density at radius 3 is 1.06 bits per heavy atom. The van der Waals surface area contributed by atoms with Gasteiger partial charge in [0.15, 0.2) is 0 Å². The molecule has 4 N–H and O–H groups in total. The molecule has 2 aromatic rings. The van der Waals surface area contributed by atoms with Crippen molar-refractivity contribution in [2.45, 2.75) is 152 Å². The highest BCUT2D eigenvalue weighted by atomic mass is 16.2. The van der Waals surface area contributed by atoms with Gasteiger partial charge in [0.2, 0.25) is 0 Å². The van der Waals surface area contributed by atoms with E-state index in [1.54, 1.807) is 22.3 Å². The van der Waals surface area contributed by atoms with Crippen molar-refractivity contribution in [2.24, 2.45) is 35.1 Å². The number of carbonyl (C=O) groups is 2. The van der Waals surface area contributed by atoms with Gasteiger partial charge in [0.25, 0.3) is 0 Å². The second kappa shape index (κ2) is 15.8. The number of benzene rings is 2. The van der Waals surface area contributed by atoms with E-state index < -0.39 is 0 Å². The normalized spacial score (nSPS) is 34.4.